The van der Waals surface area contributed by atoms with E-state index in [1.54, 1.807) is 36.7 Å². The van der Waals surface area contributed by atoms with Gasteiger partial charge in [0.15, 0.2) is 5.82 Å². The number of alkyl halides is 3. The fourth-order valence-corrected chi connectivity index (χ4v) is 11.6. The van der Waals surface area contributed by atoms with Gasteiger partial charge in [-0.2, -0.15) is 13.2 Å². The predicted molar refractivity (Wildman–Crippen MR) is 263 cm³/mol. The summed E-state index contributed by atoms with van der Waals surface area (Å²) in [6.45, 7) is 7.98. The van der Waals surface area contributed by atoms with Crippen LogP contribution in [0.2, 0.25) is 0 Å². The van der Waals surface area contributed by atoms with Gasteiger partial charge in [0.1, 0.15) is 17.8 Å². The summed E-state index contributed by atoms with van der Waals surface area (Å²) in [6, 6.07) is 11.0. The first-order valence-electron chi connectivity index (χ1n) is 24.2. The summed E-state index contributed by atoms with van der Waals surface area (Å²) in [6.07, 6.45) is 3.55. The molecule has 3 aliphatic heterocycles. The summed E-state index contributed by atoms with van der Waals surface area (Å²) in [7, 11) is 0. The Morgan fingerprint density at radius 2 is 1.61 bits per heavy atom. The number of hydrogen-bond donors (Lipinski definition) is 5. The van der Waals surface area contributed by atoms with E-state index in [2.05, 4.69) is 35.6 Å². The number of rotatable bonds is 12. The Balaban J connectivity index is 0.776. The lowest BCUT2D eigenvalue weighted by Crippen LogP contribution is -2.58. The van der Waals surface area contributed by atoms with Gasteiger partial charge in [-0.1, -0.05) is 45.0 Å². The maximum absolute atomic E-state index is 14.3. The maximum Gasteiger partial charge on any atom is 0.416 e. The van der Waals surface area contributed by atoms with E-state index in [9.17, 15) is 37.8 Å². The number of halogens is 3. The van der Waals surface area contributed by atoms with Crippen LogP contribution in [0.5, 0.6) is 5.75 Å². The van der Waals surface area contributed by atoms with Crippen LogP contribution in [0.15, 0.2) is 66.4 Å². The summed E-state index contributed by atoms with van der Waals surface area (Å²) in [5.41, 5.74) is 10.0. The van der Waals surface area contributed by atoms with E-state index in [1.807, 2.05) is 45.3 Å². The number of benzene rings is 2. The zero-order valence-electron chi connectivity index (χ0n) is 40.2. The average molecular weight is 996 g/mol. The number of nitrogens with zero attached hydrogens (tertiary/aromatic N) is 8. The number of aryl methyl sites for hydroxylation is 1. The molecule has 71 heavy (non-hydrogen) atoms. The number of carbonyl (C=O) groups excluding carboxylic acids is 3. The number of fused-ring (bicyclic) bond motifs is 2. The lowest BCUT2D eigenvalue weighted by atomic mass is 9.78. The van der Waals surface area contributed by atoms with Crippen molar-refractivity contribution in [1.82, 2.24) is 40.7 Å². The first kappa shape index (κ1) is 49.6. The number of nitrogens with two attached hydrogens (primary N) is 1. The van der Waals surface area contributed by atoms with E-state index in [4.69, 9.17) is 15.7 Å². The molecule has 5 atom stereocenters. The molecule has 6 heterocycles. The van der Waals surface area contributed by atoms with E-state index in [0.717, 1.165) is 49.4 Å². The molecule has 2 unspecified atom stereocenters. The molecule has 0 radical (unpaired) electrons. The Labute approximate surface area is 414 Å². The van der Waals surface area contributed by atoms with Crippen molar-refractivity contribution >= 4 is 46.5 Å². The lowest BCUT2D eigenvalue weighted by molar-refractivity contribution is -0.144. The zero-order valence-corrected chi connectivity index (χ0v) is 41.0. The number of amides is 3. The third-order valence-electron chi connectivity index (χ3n) is 14.6. The van der Waals surface area contributed by atoms with Crippen molar-refractivity contribution < 1.29 is 37.8 Å². The van der Waals surface area contributed by atoms with Crippen molar-refractivity contribution in [2.75, 3.05) is 35.2 Å². The first-order valence-corrected chi connectivity index (χ1v) is 25.1. The molecule has 9 rings (SSSR count). The Bertz CT molecular complexity index is 2750. The highest BCUT2D eigenvalue weighted by Crippen LogP contribution is 2.40. The number of thiazole rings is 1. The minimum atomic E-state index is -4.70. The quantitative estimate of drug-likeness (QED) is 0.0883. The van der Waals surface area contributed by atoms with Crippen LogP contribution in [-0.4, -0.2) is 108 Å². The molecular formula is C51H60F3N11O5S. The number of nitrogens with one attached hydrogen (secondary N) is 2. The number of aromatic nitrogens is 5. The van der Waals surface area contributed by atoms with E-state index in [0.29, 0.717) is 71.0 Å². The Morgan fingerprint density at radius 3 is 2.25 bits per heavy atom. The third kappa shape index (κ3) is 10.6. The van der Waals surface area contributed by atoms with Gasteiger partial charge in [0.25, 0.3) is 0 Å². The molecule has 5 aromatic rings. The highest BCUT2D eigenvalue weighted by Gasteiger charge is 2.46. The molecule has 376 valence electrons. The van der Waals surface area contributed by atoms with Crippen LogP contribution in [-0.2, 0) is 33.5 Å². The van der Waals surface area contributed by atoms with Crippen molar-refractivity contribution in [3.63, 3.8) is 0 Å². The van der Waals surface area contributed by atoms with E-state index in [1.165, 1.54) is 22.3 Å². The highest BCUT2D eigenvalue weighted by atomic mass is 32.1. The Hall–Kier alpha value is -6.41. The van der Waals surface area contributed by atoms with Crippen LogP contribution in [0.4, 0.5) is 30.6 Å². The van der Waals surface area contributed by atoms with Gasteiger partial charge < -0.3 is 41.3 Å². The molecule has 4 aliphatic rings. The highest BCUT2D eigenvalue weighted by molar-refractivity contribution is 7.13. The normalized spacial score (nSPS) is 22.9. The molecule has 2 aromatic carbocycles. The SMILES string of the molecule is Cc1ncsc1-c1ccc(CNC(=O)[C@@H]2C[C@@H](O)CN2C(=O)[C@@H](NC(=O)[C@H]2CC[C@@H](Cc3cnc(N4C5CCC4CN(c4cc(-c6ccccc6O)nnc4N)C5)nc3)CC2)C(C)(C)C)c(C(F)(F)F)c1. The Morgan fingerprint density at radius 1 is 0.901 bits per heavy atom. The summed E-state index contributed by atoms with van der Waals surface area (Å²) < 4.78 is 42.9. The predicted octanol–water partition coefficient (Wildman–Crippen LogP) is 6.69. The minimum absolute atomic E-state index is 0.0979. The molecule has 3 saturated heterocycles. The van der Waals surface area contributed by atoms with E-state index >= 15 is 0 Å². The fourth-order valence-electron chi connectivity index (χ4n) is 10.8. The molecule has 1 saturated carbocycles. The number of phenols is 1. The van der Waals surface area contributed by atoms with Gasteiger partial charge in [0, 0.05) is 68.6 Å². The zero-order chi connectivity index (χ0) is 50.4. The lowest BCUT2D eigenvalue weighted by Gasteiger charge is -2.42. The van der Waals surface area contributed by atoms with Crippen molar-refractivity contribution in [2.24, 2.45) is 17.3 Å². The minimum Gasteiger partial charge on any atom is -0.507 e. The van der Waals surface area contributed by atoms with Crippen molar-refractivity contribution in [2.45, 2.75) is 122 Å². The monoisotopic (exact) mass is 995 g/mol. The Kier molecular flexibility index (Phi) is 14.0. The molecule has 1 aliphatic carbocycles. The second-order valence-electron chi connectivity index (χ2n) is 20.6. The summed E-state index contributed by atoms with van der Waals surface area (Å²) in [5, 5.41) is 35.2. The number of aliphatic hydroxyl groups is 1. The molecule has 4 fully saturated rings. The van der Waals surface area contributed by atoms with Crippen LogP contribution >= 0.6 is 11.3 Å². The van der Waals surface area contributed by atoms with E-state index in [-0.39, 0.29) is 48.2 Å². The fraction of sp³-hybridized carbons (Fsp3) is 0.490. The van der Waals surface area contributed by atoms with Gasteiger partial charge >= 0.3 is 6.18 Å². The summed E-state index contributed by atoms with van der Waals surface area (Å²) in [4.78, 5) is 62.1. The number of carbonyl (C=O) groups is 3. The summed E-state index contributed by atoms with van der Waals surface area (Å²) >= 11 is 1.24. The number of aromatic hydroxyl groups is 1. The molecule has 2 bridgehead atoms. The maximum atomic E-state index is 14.3. The number of likely N-dealkylation sites (tertiary alicyclic amines) is 1. The van der Waals surface area contributed by atoms with Crippen LogP contribution < -0.4 is 26.2 Å². The summed E-state index contributed by atoms with van der Waals surface area (Å²) in [5.74, 6) is -0.346. The van der Waals surface area contributed by atoms with Crippen molar-refractivity contribution in [1.29, 1.82) is 0 Å². The van der Waals surface area contributed by atoms with E-state index < -0.39 is 53.7 Å². The van der Waals surface area contributed by atoms with Crippen LogP contribution in [0.25, 0.3) is 21.7 Å². The largest absolute Gasteiger partial charge is 0.507 e. The van der Waals surface area contributed by atoms with Gasteiger partial charge in [-0.25, -0.2) is 15.0 Å². The molecule has 0 spiro atoms. The molecule has 3 amide bonds. The van der Waals surface area contributed by atoms with Gasteiger partial charge in [0.05, 0.1) is 39.1 Å². The van der Waals surface area contributed by atoms with Crippen LogP contribution in [0, 0.1) is 24.2 Å². The molecule has 16 nitrogen and oxygen atoms in total. The molecule has 20 heteroatoms. The number of β-amino-alcohol motifs (C(OH)–C–C–N with tert-alkyl or cyclic N) is 1. The first-order chi connectivity index (χ1) is 33.8. The average Bonchev–Trinajstić information content (AvgIpc) is 4.03. The van der Waals surface area contributed by atoms with Crippen LogP contribution in [0.3, 0.4) is 0 Å². The number of aliphatic hydroxyl groups excluding tert-OH is 1. The molecule has 3 aromatic heterocycles. The topological polar surface area (TPSA) is 216 Å². The van der Waals surface area contributed by atoms with Crippen molar-refractivity contribution in [3.05, 3.63) is 88.8 Å². The number of para-hydroxylation sites is 1. The number of nitrogen functional groups attached to an aromatic ring is 1. The van der Waals surface area contributed by atoms with Gasteiger partial charge in [-0.05, 0) is 104 Å². The van der Waals surface area contributed by atoms with Gasteiger partial charge in [-0.3, -0.25) is 14.4 Å². The standard InChI is InChI=1S/C51H60F3N11O5S/c1-28-43(71-27-59-28)32-13-14-33(38(18-32)51(52,53)54)23-56-47(69)41-19-36(66)26-64(41)48(70)44(50(2,3)4)60-46(68)31-11-9-29(10-12-31)17-30-21-57-49(58-22-30)65-34-15-16-35(65)25-63(24-34)40-20-39(61-62-45(40)55)37-7-5-6-8-42(37)67/h5-8,13-14,18,20-22,27,29,31,34-36,41,44,66-67H,9-12,15-17,19,23-26H2,1-4H3,(H2,55,62)(H,56,69)(H,60,68)/t29-,31+,34?,35?,36-,41+,44-/m1/s1. The smallest absolute Gasteiger partial charge is 0.416 e. The van der Waals surface area contributed by atoms with Crippen LogP contribution in [0.1, 0.15) is 88.1 Å². The third-order valence-corrected chi connectivity index (χ3v) is 15.6. The molecule has 6 N–H and O–H groups in total. The number of anilines is 3. The van der Waals surface area contributed by atoms with Crippen molar-refractivity contribution in [3.8, 4) is 27.4 Å². The molecular weight excluding hydrogens is 936 g/mol. The second kappa shape index (κ2) is 20.0. The van der Waals surface area contributed by atoms with Gasteiger partial charge in [0.2, 0.25) is 23.7 Å². The number of phenolic OH excluding ortho intramolecular Hbond substituents is 1. The second-order valence-corrected chi connectivity index (χ2v) is 21.4. The number of hydrogen-bond acceptors (Lipinski definition) is 14. The number of piperazine rings is 1. The van der Waals surface area contributed by atoms with Gasteiger partial charge in [-0.15, -0.1) is 21.5 Å².